The molecule has 0 spiro atoms. The number of benzene rings is 1. The molecule has 2 saturated carbocycles. The summed E-state index contributed by atoms with van der Waals surface area (Å²) in [7, 11) is 0. The van der Waals surface area contributed by atoms with Gasteiger partial charge in [0.15, 0.2) is 0 Å². The van der Waals surface area contributed by atoms with Crippen LogP contribution in [0.5, 0.6) is 0 Å². The van der Waals surface area contributed by atoms with Gasteiger partial charge in [0, 0.05) is 6.04 Å². The first-order valence-corrected chi connectivity index (χ1v) is 8.13. The Hall–Kier alpha value is -0.820. The molecular formula is C18H27N. The molecule has 0 saturated heterocycles. The Labute approximate surface area is 117 Å². The summed E-state index contributed by atoms with van der Waals surface area (Å²) in [6, 6.07) is 10.1. The molecule has 0 heterocycles. The van der Waals surface area contributed by atoms with Gasteiger partial charge in [0.25, 0.3) is 0 Å². The Morgan fingerprint density at radius 3 is 2.26 bits per heavy atom. The molecule has 0 aliphatic heterocycles. The second-order valence-corrected chi connectivity index (χ2v) is 6.53. The van der Waals surface area contributed by atoms with Crippen LogP contribution < -0.4 is 5.32 Å². The van der Waals surface area contributed by atoms with Gasteiger partial charge < -0.3 is 5.32 Å². The van der Waals surface area contributed by atoms with Crippen molar-refractivity contribution in [3.63, 3.8) is 0 Å². The average Bonchev–Trinajstić information content (AvgIpc) is 3.18. The molecule has 2 fully saturated rings. The predicted molar refractivity (Wildman–Crippen MR) is 81.3 cm³/mol. The molecule has 1 heteroatoms. The van der Waals surface area contributed by atoms with Crippen LogP contribution in [-0.2, 0) is 0 Å². The lowest BCUT2D eigenvalue weighted by Gasteiger charge is -2.28. The summed E-state index contributed by atoms with van der Waals surface area (Å²) >= 11 is 0. The Kier molecular flexibility index (Phi) is 3.93. The lowest BCUT2D eigenvalue weighted by Crippen LogP contribution is -2.28. The fourth-order valence-corrected chi connectivity index (χ4v) is 3.44. The highest BCUT2D eigenvalue weighted by Crippen LogP contribution is 2.43. The summed E-state index contributed by atoms with van der Waals surface area (Å²) in [4.78, 5) is 0. The highest BCUT2D eigenvalue weighted by atomic mass is 14.9. The van der Waals surface area contributed by atoms with E-state index in [1.807, 2.05) is 0 Å². The maximum atomic E-state index is 3.70. The molecule has 1 nitrogen and oxygen atoms in total. The molecule has 19 heavy (non-hydrogen) atoms. The van der Waals surface area contributed by atoms with Gasteiger partial charge in [0.05, 0.1) is 0 Å². The first kappa shape index (κ1) is 13.2. The zero-order chi connectivity index (χ0) is 13.2. The minimum atomic E-state index is 0.549. The molecule has 0 bridgehead atoms. The quantitative estimate of drug-likeness (QED) is 0.782. The summed E-state index contributed by atoms with van der Waals surface area (Å²) in [5.74, 6) is 2.58. The number of rotatable bonds is 6. The van der Waals surface area contributed by atoms with Crippen molar-refractivity contribution in [2.75, 3.05) is 6.54 Å². The van der Waals surface area contributed by atoms with E-state index in [-0.39, 0.29) is 0 Å². The van der Waals surface area contributed by atoms with Crippen LogP contribution in [0.15, 0.2) is 24.3 Å². The van der Waals surface area contributed by atoms with Gasteiger partial charge in [-0.1, -0.05) is 44.5 Å². The number of hydrogen-bond acceptors (Lipinski definition) is 1. The van der Waals surface area contributed by atoms with E-state index in [0.29, 0.717) is 6.04 Å². The van der Waals surface area contributed by atoms with E-state index in [2.05, 4.69) is 43.4 Å². The zero-order valence-corrected chi connectivity index (χ0v) is 12.4. The minimum Gasteiger partial charge on any atom is -0.310 e. The lowest BCUT2D eigenvalue weighted by molar-refractivity contribution is 0.355. The highest BCUT2D eigenvalue weighted by Gasteiger charge is 2.33. The molecule has 1 N–H and O–H groups in total. The lowest BCUT2D eigenvalue weighted by atomic mass is 9.79. The van der Waals surface area contributed by atoms with Crippen LogP contribution in [0, 0.1) is 11.8 Å². The average molecular weight is 257 g/mol. The zero-order valence-electron chi connectivity index (χ0n) is 12.4. The molecule has 2 unspecified atom stereocenters. The molecule has 0 amide bonds. The van der Waals surface area contributed by atoms with Crippen molar-refractivity contribution < 1.29 is 0 Å². The highest BCUT2D eigenvalue weighted by molar-refractivity contribution is 5.29. The largest absolute Gasteiger partial charge is 0.310 e. The molecule has 2 aliphatic carbocycles. The summed E-state index contributed by atoms with van der Waals surface area (Å²) in [6.07, 6.45) is 7.08. The van der Waals surface area contributed by atoms with E-state index in [9.17, 15) is 0 Å². The van der Waals surface area contributed by atoms with Gasteiger partial charge in [-0.15, -0.1) is 0 Å². The van der Waals surface area contributed by atoms with Crippen molar-refractivity contribution >= 4 is 0 Å². The summed E-state index contributed by atoms with van der Waals surface area (Å²) < 4.78 is 0. The number of hydrogen-bond donors (Lipinski definition) is 1. The predicted octanol–water partition coefficient (Wildman–Crippen LogP) is 4.65. The first-order valence-electron chi connectivity index (χ1n) is 8.13. The molecule has 2 aliphatic rings. The van der Waals surface area contributed by atoms with E-state index in [4.69, 9.17) is 0 Å². The van der Waals surface area contributed by atoms with E-state index >= 15 is 0 Å². The second-order valence-electron chi connectivity index (χ2n) is 6.53. The summed E-state index contributed by atoms with van der Waals surface area (Å²) in [5.41, 5.74) is 3.05. The van der Waals surface area contributed by atoms with Crippen LogP contribution in [0.2, 0.25) is 0 Å². The van der Waals surface area contributed by atoms with Crippen molar-refractivity contribution in [3.05, 3.63) is 35.4 Å². The topological polar surface area (TPSA) is 12.0 Å². The Morgan fingerprint density at radius 2 is 1.79 bits per heavy atom. The smallest absolute Gasteiger partial charge is 0.0348 e. The third-order valence-electron chi connectivity index (χ3n) is 5.19. The van der Waals surface area contributed by atoms with Crippen molar-refractivity contribution in [1.82, 2.24) is 5.32 Å². The summed E-state index contributed by atoms with van der Waals surface area (Å²) in [5, 5.41) is 3.70. The van der Waals surface area contributed by atoms with Gasteiger partial charge in [0.2, 0.25) is 0 Å². The van der Waals surface area contributed by atoms with Gasteiger partial charge in [-0.3, -0.25) is 0 Å². The van der Waals surface area contributed by atoms with E-state index < -0.39 is 0 Å². The molecule has 1 aromatic rings. The fourth-order valence-electron chi connectivity index (χ4n) is 3.44. The van der Waals surface area contributed by atoms with Gasteiger partial charge in [-0.2, -0.15) is 0 Å². The Bertz CT molecular complexity index is 400. The molecular weight excluding hydrogens is 230 g/mol. The van der Waals surface area contributed by atoms with Gasteiger partial charge in [-0.25, -0.2) is 0 Å². The van der Waals surface area contributed by atoms with E-state index in [1.165, 1.54) is 37.7 Å². The Balaban J connectivity index is 1.73. The molecule has 2 atom stereocenters. The molecule has 1 aromatic carbocycles. The van der Waals surface area contributed by atoms with Crippen molar-refractivity contribution in [1.29, 1.82) is 0 Å². The van der Waals surface area contributed by atoms with E-state index in [0.717, 1.165) is 24.3 Å². The Morgan fingerprint density at radius 1 is 1.11 bits per heavy atom. The molecule has 3 rings (SSSR count). The van der Waals surface area contributed by atoms with Gasteiger partial charge >= 0.3 is 0 Å². The standard InChI is InChI=1S/C18H27N/c1-3-19-18(13(2)14-7-8-14)17-11-9-16(10-12-17)15-5-4-6-15/h9-15,18-19H,3-8H2,1-2H3. The van der Waals surface area contributed by atoms with Crippen molar-refractivity contribution in [2.24, 2.45) is 11.8 Å². The van der Waals surface area contributed by atoms with Crippen LogP contribution >= 0.6 is 0 Å². The third kappa shape index (κ3) is 2.86. The fraction of sp³-hybridized carbons (Fsp3) is 0.667. The third-order valence-corrected chi connectivity index (χ3v) is 5.19. The van der Waals surface area contributed by atoms with Crippen LogP contribution in [0.4, 0.5) is 0 Å². The maximum Gasteiger partial charge on any atom is 0.0348 e. The number of nitrogens with one attached hydrogen (secondary N) is 1. The van der Waals surface area contributed by atoms with Crippen LogP contribution in [0.25, 0.3) is 0 Å². The van der Waals surface area contributed by atoms with E-state index in [1.54, 1.807) is 5.56 Å². The van der Waals surface area contributed by atoms with Gasteiger partial charge in [-0.05, 0) is 61.1 Å². The normalized spacial score (nSPS) is 22.8. The molecule has 0 radical (unpaired) electrons. The molecule has 104 valence electrons. The second kappa shape index (κ2) is 5.66. The van der Waals surface area contributed by atoms with Crippen molar-refractivity contribution in [3.8, 4) is 0 Å². The first-order chi connectivity index (χ1) is 9.29. The van der Waals surface area contributed by atoms with Crippen molar-refractivity contribution in [2.45, 2.75) is 57.9 Å². The minimum absolute atomic E-state index is 0.549. The maximum absolute atomic E-state index is 3.70. The summed E-state index contributed by atoms with van der Waals surface area (Å²) in [6.45, 7) is 5.70. The van der Waals surface area contributed by atoms with Crippen LogP contribution in [-0.4, -0.2) is 6.54 Å². The van der Waals surface area contributed by atoms with Crippen LogP contribution in [0.1, 0.15) is 69.0 Å². The van der Waals surface area contributed by atoms with Crippen LogP contribution in [0.3, 0.4) is 0 Å². The SMILES string of the molecule is CCNC(c1ccc(C2CCC2)cc1)C(C)C1CC1. The van der Waals surface area contributed by atoms with Gasteiger partial charge in [0.1, 0.15) is 0 Å². The molecule has 0 aromatic heterocycles. The monoisotopic (exact) mass is 257 g/mol.